The molecule has 0 bridgehead atoms. The number of benzene rings is 2. The van der Waals surface area contributed by atoms with Gasteiger partial charge in [0.25, 0.3) is 0 Å². The van der Waals surface area contributed by atoms with E-state index in [1.165, 1.54) is 0 Å². The van der Waals surface area contributed by atoms with Crippen molar-refractivity contribution in [2.45, 2.75) is 6.42 Å². The highest BCUT2D eigenvalue weighted by atomic mass is 35.5. The van der Waals surface area contributed by atoms with Gasteiger partial charge in [0, 0.05) is 17.7 Å². The van der Waals surface area contributed by atoms with Crippen molar-refractivity contribution in [1.29, 1.82) is 0 Å². The highest BCUT2D eigenvalue weighted by Crippen LogP contribution is 2.10. The molecule has 17 heavy (non-hydrogen) atoms. The maximum Gasteiger partial charge on any atom is 0.167 e. The van der Waals surface area contributed by atoms with Gasteiger partial charge in [0.1, 0.15) is 0 Å². The smallest absolute Gasteiger partial charge is 0.167 e. The van der Waals surface area contributed by atoms with Crippen molar-refractivity contribution in [3.05, 3.63) is 65.7 Å². The van der Waals surface area contributed by atoms with Crippen molar-refractivity contribution < 1.29 is 4.79 Å². The number of carbonyl (C=O) groups excluding carboxylic acids is 1. The van der Waals surface area contributed by atoms with Crippen LogP contribution in [0, 0.1) is 0 Å². The van der Waals surface area contributed by atoms with E-state index in [2.05, 4.69) is 0 Å². The van der Waals surface area contributed by atoms with Crippen molar-refractivity contribution >= 4 is 23.9 Å². The van der Waals surface area contributed by atoms with Crippen LogP contribution in [0.5, 0.6) is 0 Å². The van der Waals surface area contributed by atoms with E-state index in [9.17, 15) is 4.79 Å². The molecule has 0 amide bonds. The van der Waals surface area contributed by atoms with Gasteiger partial charge in [-0.15, -0.1) is 12.4 Å². The van der Waals surface area contributed by atoms with Crippen LogP contribution in [0.15, 0.2) is 54.6 Å². The zero-order valence-corrected chi connectivity index (χ0v) is 10.1. The molecule has 0 aliphatic carbocycles. The second-order valence-corrected chi connectivity index (χ2v) is 3.71. The number of hydrogen-bond acceptors (Lipinski definition) is 2. The van der Waals surface area contributed by atoms with E-state index >= 15 is 0 Å². The van der Waals surface area contributed by atoms with Gasteiger partial charge in [0.05, 0.1) is 0 Å². The Hall–Kier alpha value is -1.80. The first-order valence-corrected chi connectivity index (χ1v) is 5.18. The third-order valence-electron chi connectivity index (χ3n) is 2.42. The van der Waals surface area contributed by atoms with Crippen molar-refractivity contribution in [3.63, 3.8) is 0 Å². The van der Waals surface area contributed by atoms with Crippen LogP contribution in [0.2, 0.25) is 0 Å². The Morgan fingerprint density at radius 3 is 2.35 bits per heavy atom. The van der Waals surface area contributed by atoms with Crippen molar-refractivity contribution in [1.82, 2.24) is 0 Å². The molecule has 0 saturated heterocycles. The van der Waals surface area contributed by atoms with E-state index in [1.54, 1.807) is 24.3 Å². The van der Waals surface area contributed by atoms with Crippen molar-refractivity contribution in [2.24, 2.45) is 0 Å². The van der Waals surface area contributed by atoms with Crippen LogP contribution in [0.4, 0.5) is 5.69 Å². The van der Waals surface area contributed by atoms with Gasteiger partial charge in [-0.2, -0.15) is 0 Å². The van der Waals surface area contributed by atoms with Gasteiger partial charge in [-0.05, 0) is 17.7 Å². The number of halogens is 1. The molecule has 0 atom stereocenters. The SMILES string of the molecule is Cl.Nc1cccc(C(=O)Cc2ccccc2)c1. The van der Waals surface area contributed by atoms with Crippen LogP contribution in [0.1, 0.15) is 15.9 Å². The largest absolute Gasteiger partial charge is 0.399 e. The molecule has 0 unspecified atom stereocenters. The summed E-state index contributed by atoms with van der Waals surface area (Å²) in [4.78, 5) is 11.9. The van der Waals surface area contributed by atoms with Crippen LogP contribution in [-0.2, 0) is 6.42 Å². The van der Waals surface area contributed by atoms with Crippen molar-refractivity contribution in [2.75, 3.05) is 5.73 Å². The number of nitrogen functional groups attached to an aromatic ring is 1. The first-order chi connectivity index (χ1) is 7.75. The molecule has 0 aliphatic heterocycles. The Bertz CT molecular complexity index is 497. The van der Waals surface area contributed by atoms with E-state index in [0.717, 1.165) is 5.56 Å². The van der Waals surface area contributed by atoms with Crippen LogP contribution in [0.25, 0.3) is 0 Å². The summed E-state index contributed by atoms with van der Waals surface area (Å²) in [6.45, 7) is 0. The molecular formula is C14H14ClNO. The summed E-state index contributed by atoms with van der Waals surface area (Å²) in [6.07, 6.45) is 0.421. The monoisotopic (exact) mass is 247 g/mol. The lowest BCUT2D eigenvalue weighted by Gasteiger charge is -2.02. The van der Waals surface area contributed by atoms with Crippen LogP contribution in [0.3, 0.4) is 0 Å². The lowest BCUT2D eigenvalue weighted by atomic mass is 10.0. The lowest BCUT2D eigenvalue weighted by molar-refractivity contribution is 0.0993. The molecule has 0 aromatic heterocycles. The molecule has 2 N–H and O–H groups in total. The molecule has 0 radical (unpaired) electrons. The second-order valence-electron chi connectivity index (χ2n) is 3.71. The highest BCUT2D eigenvalue weighted by Gasteiger charge is 2.06. The Kier molecular flexibility index (Phi) is 4.73. The van der Waals surface area contributed by atoms with Gasteiger partial charge in [0.15, 0.2) is 5.78 Å². The molecule has 2 nitrogen and oxygen atoms in total. The average molecular weight is 248 g/mol. The number of carbonyl (C=O) groups is 1. The number of hydrogen-bond donors (Lipinski definition) is 1. The summed E-state index contributed by atoms with van der Waals surface area (Å²) < 4.78 is 0. The maximum absolute atomic E-state index is 11.9. The normalized spacial score (nSPS) is 9.41. The molecule has 88 valence electrons. The summed E-state index contributed by atoms with van der Waals surface area (Å²) in [5, 5.41) is 0. The molecule has 0 fully saturated rings. The Balaban J connectivity index is 0.00000144. The van der Waals surface area contributed by atoms with E-state index in [-0.39, 0.29) is 18.2 Å². The van der Waals surface area contributed by atoms with Crippen molar-refractivity contribution in [3.8, 4) is 0 Å². The molecule has 2 aromatic rings. The molecule has 0 saturated carbocycles. The first kappa shape index (κ1) is 13.3. The summed E-state index contributed by atoms with van der Waals surface area (Å²) in [7, 11) is 0. The highest BCUT2D eigenvalue weighted by molar-refractivity contribution is 5.98. The molecule has 2 rings (SSSR count). The average Bonchev–Trinajstić information content (AvgIpc) is 2.30. The van der Waals surface area contributed by atoms with Gasteiger partial charge in [-0.1, -0.05) is 42.5 Å². The number of nitrogens with two attached hydrogens (primary N) is 1. The number of ketones is 1. The van der Waals surface area contributed by atoms with Crippen LogP contribution in [-0.4, -0.2) is 5.78 Å². The molecule has 3 heteroatoms. The van der Waals surface area contributed by atoms with E-state index in [4.69, 9.17) is 5.73 Å². The first-order valence-electron chi connectivity index (χ1n) is 5.18. The van der Waals surface area contributed by atoms with Gasteiger partial charge in [-0.3, -0.25) is 4.79 Å². The molecule has 0 heterocycles. The molecule has 0 spiro atoms. The van der Waals surface area contributed by atoms with Crippen LogP contribution < -0.4 is 5.73 Å². The fourth-order valence-corrected chi connectivity index (χ4v) is 1.60. The Morgan fingerprint density at radius 1 is 1.00 bits per heavy atom. The third kappa shape index (κ3) is 3.61. The standard InChI is InChI=1S/C14H13NO.ClH/c15-13-8-4-7-12(10-13)14(16)9-11-5-2-1-3-6-11;/h1-8,10H,9,15H2;1H. The molecular weight excluding hydrogens is 234 g/mol. The predicted octanol–water partition coefficient (Wildman–Crippen LogP) is 3.12. The summed E-state index contributed by atoms with van der Waals surface area (Å²) in [6, 6.07) is 16.8. The van der Waals surface area contributed by atoms with Gasteiger partial charge < -0.3 is 5.73 Å². The summed E-state index contributed by atoms with van der Waals surface area (Å²) in [5.74, 6) is 0.0958. The van der Waals surface area contributed by atoms with Gasteiger partial charge in [0.2, 0.25) is 0 Å². The number of Topliss-reactive ketones (excluding diaryl/α,β-unsaturated/α-hetero) is 1. The summed E-state index contributed by atoms with van der Waals surface area (Å²) >= 11 is 0. The zero-order valence-electron chi connectivity index (χ0n) is 9.30. The molecule has 0 aliphatic rings. The number of rotatable bonds is 3. The van der Waals surface area contributed by atoms with E-state index in [0.29, 0.717) is 17.7 Å². The lowest BCUT2D eigenvalue weighted by Crippen LogP contribution is -2.03. The number of anilines is 1. The maximum atomic E-state index is 11.9. The second kappa shape index (κ2) is 6.06. The minimum atomic E-state index is 0. The van der Waals surface area contributed by atoms with E-state index in [1.807, 2.05) is 30.3 Å². The predicted molar refractivity (Wildman–Crippen MR) is 72.6 cm³/mol. The Labute approximate surface area is 107 Å². The third-order valence-corrected chi connectivity index (χ3v) is 2.42. The Morgan fingerprint density at radius 2 is 1.71 bits per heavy atom. The fraction of sp³-hybridized carbons (Fsp3) is 0.0714. The summed E-state index contributed by atoms with van der Waals surface area (Å²) in [5.41, 5.74) is 7.95. The van der Waals surface area contributed by atoms with Gasteiger partial charge >= 0.3 is 0 Å². The quantitative estimate of drug-likeness (QED) is 0.669. The van der Waals surface area contributed by atoms with E-state index < -0.39 is 0 Å². The minimum Gasteiger partial charge on any atom is -0.399 e. The fourth-order valence-electron chi connectivity index (χ4n) is 1.60. The minimum absolute atomic E-state index is 0. The van der Waals surface area contributed by atoms with Gasteiger partial charge in [-0.25, -0.2) is 0 Å². The zero-order chi connectivity index (χ0) is 11.4. The topological polar surface area (TPSA) is 43.1 Å². The van der Waals surface area contributed by atoms with Crippen LogP contribution >= 0.6 is 12.4 Å². The molecule has 2 aromatic carbocycles.